The van der Waals surface area contributed by atoms with Crippen molar-refractivity contribution in [2.24, 2.45) is 11.8 Å². The fourth-order valence-corrected chi connectivity index (χ4v) is 3.76. The summed E-state index contributed by atoms with van der Waals surface area (Å²) in [5.74, 6) is 1.27. The summed E-state index contributed by atoms with van der Waals surface area (Å²) < 4.78 is 11.3. The van der Waals surface area contributed by atoms with E-state index in [1.54, 1.807) is 11.3 Å². The van der Waals surface area contributed by atoms with Gasteiger partial charge in [-0.1, -0.05) is 0 Å². The van der Waals surface area contributed by atoms with E-state index < -0.39 is 0 Å². The van der Waals surface area contributed by atoms with Gasteiger partial charge in [-0.2, -0.15) is 0 Å². The van der Waals surface area contributed by atoms with Crippen LogP contribution in [0.3, 0.4) is 0 Å². The van der Waals surface area contributed by atoms with Gasteiger partial charge in [0.2, 0.25) is 0 Å². The van der Waals surface area contributed by atoms with Crippen molar-refractivity contribution in [1.82, 2.24) is 9.96 Å². The molecular weight excluding hydrogens is 284 g/mol. The maximum absolute atomic E-state index is 12.7. The number of amides is 1. The summed E-state index contributed by atoms with van der Waals surface area (Å²) in [6.07, 6.45) is 3.92. The molecule has 0 spiro atoms. The van der Waals surface area contributed by atoms with E-state index in [0.717, 1.165) is 38.2 Å². The highest BCUT2D eigenvalue weighted by Crippen LogP contribution is 2.35. The van der Waals surface area contributed by atoms with E-state index in [4.69, 9.17) is 14.0 Å². The first-order chi connectivity index (χ1) is 10.8. The van der Waals surface area contributed by atoms with Crippen molar-refractivity contribution in [3.05, 3.63) is 24.2 Å². The minimum absolute atomic E-state index is 0.0651. The first-order valence-electron chi connectivity index (χ1n) is 8.12. The number of hydrogen-bond donors (Lipinski definition) is 0. The Balaban J connectivity index is 1.38. The van der Waals surface area contributed by atoms with Crippen LogP contribution in [-0.4, -0.2) is 54.8 Å². The van der Waals surface area contributed by atoms with E-state index in [1.165, 1.54) is 0 Å². The molecule has 3 aliphatic heterocycles. The molecule has 4 heterocycles. The molecule has 3 aliphatic rings. The average molecular weight is 306 g/mol. The van der Waals surface area contributed by atoms with Gasteiger partial charge >= 0.3 is 0 Å². The lowest BCUT2D eigenvalue weighted by Crippen LogP contribution is -2.42. The maximum Gasteiger partial charge on any atom is 0.251 e. The van der Waals surface area contributed by atoms with Crippen molar-refractivity contribution in [3.8, 4) is 0 Å². The van der Waals surface area contributed by atoms with E-state index in [9.17, 15) is 4.79 Å². The third-order valence-corrected chi connectivity index (χ3v) is 4.92. The van der Waals surface area contributed by atoms with E-state index in [1.807, 2.05) is 12.1 Å². The quantitative estimate of drug-likeness (QED) is 0.842. The number of hydrogen-bond acceptors (Lipinski definition) is 5. The first kappa shape index (κ1) is 14.2. The Morgan fingerprint density at radius 3 is 3.05 bits per heavy atom. The standard InChI is InChI=1S/C16H22N2O4/c19-16(18-5-1-2-7-22-18)14-11-21-15-10-17(9-13(14)15)8-12-4-3-6-20-12/h3-4,6,13-15H,1-2,5,7-11H2/t13-,14+,15-/m1/s1. The molecule has 6 heteroatoms. The number of likely N-dealkylation sites (tertiary alicyclic amines) is 1. The summed E-state index contributed by atoms with van der Waals surface area (Å²) in [5.41, 5.74) is 0. The highest BCUT2D eigenvalue weighted by Gasteiger charge is 2.48. The summed E-state index contributed by atoms with van der Waals surface area (Å²) in [7, 11) is 0. The van der Waals surface area contributed by atoms with Gasteiger partial charge in [-0.05, 0) is 25.0 Å². The van der Waals surface area contributed by atoms with Crippen molar-refractivity contribution >= 4 is 5.91 Å². The number of carbonyl (C=O) groups is 1. The predicted molar refractivity (Wildman–Crippen MR) is 77.6 cm³/mol. The Morgan fingerprint density at radius 2 is 2.27 bits per heavy atom. The van der Waals surface area contributed by atoms with Crippen LogP contribution in [0.1, 0.15) is 18.6 Å². The molecule has 0 aliphatic carbocycles. The first-order valence-corrected chi connectivity index (χ1v) is 8.12. The topological polar surface area (TPSA) is 55.2 Å². The summed E-state index contributed by atoms with van der Waals surface area (Å²) in [6.45, 7) is 4.43. The van der Waals surface area contributed by atoms with Gasteiger partial charge in [-0.15, -0.1) is 0 Å². The summed E-state index contributed by atoms with van der Waals surface area (Å²) in [4.78, 5) is 20.5. The predicted octanol–water partition coefficient (Wildman–Crippen LogP) is 1.28. The smallest absolute Gasteiger partial charge is 0.251 e. The maximum atomic E-state index is 12.7. The molecule has 1 aromatic rings. The van der Waals surface area contributed by atoms with Gasteiger partial charge in [0, 0.05) is 25.6 Å². The van der Waals surface area contributed by atoms with Gasteiger partial charge < -0.3 is 9.15 Å². The number of carbonyl (C=O) groups excluding carboxylic acids is 1. The van der Waals surface area contributed by atoms with Crippen LogP contribution in [0.2, 0.25) is 0 Å². The molecule has 0 aromatic carbocycles. The largest absolute Gasteiger partial charge is 0.468 e. The van der Waals surface area contributed by atoms with Crippen molar-refractivity contribution < 1.29 is 18.8 Å². The van der Waals surface area contributed by atoms with E-state index >= 15 is 0 Å². The lowest BCUT2D eigenvalue weighted by Gasteiger charge is -2.29. The van der Waals surface area contributed by atoms with Crippen LogP contribution < -0.4 is 0 Å². The lowest BCUT2D eigenvalue weighted by atomic mass is 9.92. The monoisotopic (exact) mass is 306 g/mol. The lowest BCUT2D eigenvalue weighted by molar-refractivity contribution is -0.202. The zero-order valence-corrected chi connectivity index (χ0v) is 12.6. The Kier molecular flexibility index (Phi) is 3.90. The summed E-state index contributed by atoms with van der Waals surface area (Å²) >= 11 is 0. The van der Waals surface area contributed by atoms with Crippen LogP contribution in [0.4, 0.5) is 0 Å². The highest BCUT2D eigenvalue weighted by atomic mass is 16.7. The molecule has 120 valence electrons. The Bertz CT molecular complexity index is 512. The zero-order valence-electron chi connectivity index (χ0n) is 12.6. The highest BCUT2D eigenvalue weighted by molar-refractivity contribution is 5.78. The normalized spacial score (nSPS) is 32.4. The van der Waals surface area contributed by atoms with Gasteiger partial charge in [0.25, 0.3) is 5.91 Å². The number of ether oxygens (including phenoxy) is 1. The molecule has 0 unspecified atom stereocenters. The van der Waals surface area contributed by atoms with Gasteiger partial charge in [-0.3, -0.25) is 14.5 Å². The fraction of sp³-hybridized carbons (Fsp3) is 0.688. The van der Waals surface area contributed by atoms with Crippen LogP contribution in [0, 0.1) is 11.8 Å². The van der Waals surface area contributed by atoms with Crippen molar-refractivity contribution in [2.75, 3.05) is 32.8 Å². The van der Waals surface area contributed by atoms with Crippen molar-refractivity contribution in [1.29, 1.82) is 0 Å². The Morgan fingerprint density at radius 1 is 1.32 bits per heavy atom. The molecule has 1 amide bonds. The molecule has 6 nitrogen and oxygen atoms in total. The number of fused-ring (bicyclic) bond motifs is 1. The minimum atomic E-state index is -0.0651. The van der Waals surface area contributed by atoms with Gasteiger partial charge in [0.15, 0.2) is 0 Å². The van der Waals surface area contributed by atoms with E-state index in [0.29, 0.717) is 19.8 Å². The van der Waals surface area contributed by atoms with Crippen molar-refractivity contribution in [2.45, 2.75) is 25.5 Å². The second-order valence-electron chi connectivity index (χ2n) is 6.40. The van der Waals surface area contributed by atoms with Crippen LogP contribution >= 0.6 is 0 Å². The van der Waals surface area contributed by atoms with E-state index in [2.05, 4.69) is 4.90 Å². The SMILES string of the molecule is O=C([C@H]1CO[C@@H]2CN(Cc3ccco3)C[C@H]12)N1CCCCO1. The van der Waals surface area contributed by atoms with Gasteiger partial charge in [0.05, 0.1) is 38.0 Å². The zero-order chi connectivity index (χ0) is 14.9. The molecule has 1 aromatic heterocycles. The molecule has 0 N–H and O–H groups in total. The summed E-state index contributed by atoms with van der Waals surface area (Å²) in [5, 5.41) is 1.56. The molecule has 22 heavy (non-hydrogen) atoms. The second kappa shape index (κ2) is 6.02. The van der Waals surface area contributed by atoms with Crippen LogP contribution in [-0.2, 0) is 20.9 Å². The second-order valence-corrected chi connectivity index (χ2v) is 6.40. The van der Waals surface area contributed by atoms with Gasteiger partial charge in [-0.25, -0.2) is 5.06 Å². The number of furan rings is 1. The third-order valence-electron chi connectivity index (χ3n) is 4.92. The minimum Gasteiger partial charge on any atom is -0.468 e. The average Bonchev–Trinajstić information content (AvgIpc) is 3.25. The Hall–Kier alpha value is -1.37. The molecule has 3 atom stereocenters. The van der Waals surface area contributed by atoms with E-state index in [-0.39, 0.29) is 23.8 Å². The Labute approximate surface area is 129 Å². The fourth-order valence-electron chi connectivity index (χ4n) is 3.76. The molecule has 0 radical (unpaired) electrons. The molecular formula is C16H22N2O4. The van der Waals surface area contributed by atoms with Crippen LogP contribution in [0.15, 0.2) is 22.8 Å². The molecule has 3 saturated heterocycles. The summed E-state index contributed by atoms with van der Waals surface area (Å²) in [6, 6.07) is 3.89. The van der Waals surface area contributed by atoms with Crippen molar-refractivity contribution in [3.63, 3.8) is 0 Å². The number of rotatable bonds is 3. The van der Waals surface area contributed by atoms with Crippen LogP contribution in [0.25, 0.3) is 0 Å². The molecule has 4 rings (SSSR count). The third kappa shape index (κ3) is 2.66. The molecule has 0 saturated carbocycles. The number of nitrogens with zero attached hydrogens (tertiary/aromatic N) is 2. The molecule has 0 bridgehead atoms. The molecule has 3 fully saturated rings. The van der Waals surface area contributed by atoms with Gasteiger partial charge in [0.1, 0.15) is 5.76 Å². The van der Waals surface area contributed by atoms with Crippen LogP contribution in [0.5, 0.6) is 0 Å². The number of hydroxylamine groups is 2.